The van der Waals surface area contributed by atoms with Crippen molar-refractivity contribution in [2.45, 2.75) is 19.3 Å². The van der Waals surface area contributed by atoms with E-state index in [1.54, 1.807) is 13.0 Å². The Morgan fingerprint density at radius 1 is 1.41 bits per heavy atom. The lowest BCUT2D eigenvalue weighted by Crippen LogP contribution is -2.06. The van der Waals surface area contributed by atoms with Gasteiger partial charge < -0.3 is 4.74 Å². The van der Waals surface area contributed by atoms with Gasteiger partial charge in [-0.3, -0.25) is 19.7 Å². The highest BCUT2D eigenvalue weighted by molar-refractivity contribution is 5.97. The van der Waals surface area contributed by atoms with Crippen LogP contribution in [-0.4, -0.2) is 16.9 Å². The zero-order chi connectivity index (χ0) is 12.6. The number of cyclic esters (lactones) is 2. The second-order valence-corrected chi connectivity index (χ2v) is 3.85. The van der Waals surface area contributed by atoms with E-state index in [2.05, 4.69) is 4.74 Å². The molecular weight excluding hydrogens is 226 g/mol. The van der Waals surface area contributed by atoms with E-state index in [9.17, 15) is 19.7 Å². The molecule has 0 aliphatic carbocycles. The molecule has 1 saturated heterocycles. The predicted octanol–water partition coefficient (Wildman–Crippen LogP) is 1.46. The first-order valence-corrected chi connectivity index (χ1v) is 4.98. The van der Waals surface area contributed by atoms with E-state index in [0.717, 1.165) is 0 Å². The molecule has 0 spiro atoms. The molecule has 0 amide bonds. The molecule has 0 radical (unpaired) electrons. The average Bonchev–Trinajstić information content (AvgIpc) is 2.57. The number of nitro groups is 1. The zero-order valence-electron chi connectivity index (χ0n) is 9.00. The second-order valence-electron chi connectivity index (χ2n) is 3.85. The second kappa shape index (κ2) is 3.97. The lowest BCUT2D eigenvalue weighted by atomic mass is 9.96. The highest BCUT2D eigenvalue weighted by Gasteiger charge is 2.35. The molecular formula is C11H9NO5. The number of carbonyl (C=O) groups excluding carboxylic acids is 2. The van der Waals surface area contributed by atoms with Gasteiger partial charge in [-0.1, -0.05) is 6.07 Å². The van der Waals surface area contributed by atoms with Crippen LogP contribution in [-0.2, 0) is 14.3 Å². The van der Waals surface area contributed by atoms with E-state index in [0.29, 0.717) is 11.1 Å². The molecule has 88 valence electrons. The van der Waals surface area contributed by atoms with Crippen LogP contribution in [0.25, 0.3) is 0 Å². The molecule has 1 aromatic carbocycles. The number of rotatable bonds is 2. The molecule has 1 atom stereocenters. The highest BCUT2D eigenvalue weighted by Crippen LogP contribution is 2.30. The first-order valence-electron chi connectivity index (χ1n) is 4.98. The monoisotopic (exact) mass is 235 g/mol. The third kappa shape index (κ3) is 2.01. The van der Waals surface area contributed by atoms with Crippen molar-refractivity contribution in [1.29, 1.82) is 0 Å². The Hall–Kier alpha value is -2.24. The molecule has 1 aromatic rings. The summed E-state index contributed by atoms with van der Waals surface area (Å²) in [5.41, 5.74) is 1.02. The first kappa shape index (κ1) is 11.3. The van der Waals surface area contributed by atoms with Crippen molar-refractivity contribution in [2.75, 3.05) is 0 Å². The summed E-state index contributed by atoms with van der Waals surface area (Å²) in [7, 11) is 0. The standard InChI is InChI=1S/C11H9NO5/c1-6-4-7(2-3-9(6)12(15)16)8-5-10(13)17-11(8)14/h2-4,8H,5H2,1H3. The van der Waals surface area contributed by atoms with Gasteiger partial charge in [0.1, 0.15) is 0 Å². The van der Waals surface area contributed by atoms with Crippen molar-refractivity contribution in [2.24, 2.45) is 0 Å². The third-order valence-corrected chi connectivity index (χ3v) is 2.69. The number of hydrogen-bond acceptors (Lipinski definition) is 5. The summed E-state index contributed by atoms with van der Waals surface area (Å²) in [6, 6.07) is 4.36. The fraction of sp³-hybridized carbons (Fsp3) is 0.273. The molecule has 1 fully saturated rings. The van der Waals surface area contributed by atoms with Crippen LogP contribution in [0.3, 0.4) is 0 Å². The van der Waals surface area contributed by atoms with Crippen LogP contribution in [0.4, 0.5) is 5.69 Å². The van der Waals surface area contributed by atoms with Crippen LogP contribution < -0.4 is 0 Å². The van der Waals surface area contributed by atoms with Gasteiger partial charge in [0, 0.05) is 11.6 Å². The van der Waals surface area contributed by atoms with Crippen molar-refractivity contribution >= 4 is 17.6 Å². The van der Waals surface area contributed by atoms with Crippen LogP contribution in [0.1, 0.15) is 23.5 Å². The first-order chi connectivity index (χ1) is 7.99. The normalized spacial score (nSPS) is 19.2. The fourth-order valence-electron chi connectivity index (χ4n) is 1.83. The maximum Gasteiger partial charge on any atom is 0.321 e. The molecule has 2 rings (SSSR count). The molecule has 0 saturated carbocycles. The minimum atomic E-state index is -0.637. The number of aryl methyl sites for hydroxylation is 1. The predicted molar refractivity (Wildman–Crippen MR) is 56.3 cm³/mol. The number of esters is 2. The lowest BCUT2D eigenvalue weighted by molar-refractivity contribution is -0.385. The summed E-state index contributed by atoms with van der Waals surface area (Å²) < 4.78 is 4.43. The topological polar surface area (TPSA) is 86.5 Å². The number of benzene rings is 1. The Bertz CT molecular complexity index is 523. The fourth-order valence-corrected chi connectivity index (χ4v) is 1.83. The number of carbonyl (C=O) groups is 2. The van der Waals surface area contributed by atoms with Crippen LogP contribution in [0.2, 0.25) is 0 Å². The van der Waals surface area contributed by atoms with Gasteiger partial charge in [0.25, 0.3) is 5.69 Å². The minimum absolute atomic E-state index is 0.00388. The summed E-state index contributed by atoms with van der Waals surface area (Å²) in [6.07, 6.45) is -0.00388. The van der Waals surface area contributed by atoms with Crippen molar-refractivity contribution in [3.63, 3.8) is 0 Å². The van der Waals surface area contributed by atoms with E-state index in [1.807, 2.05) is 0 Å². The molecule has 0 aromatic heterocycles. The van der Waals surface area contributed by atoms with E-state index in [-0.39, 0.29) is 12.1 Å². The van der Waals surface area contributed by atoms with Gasteiger partial charge in [0.2, 0.25) is 0 Å². The summed E-state index contributed by atoms with van der Waals surface area (Å²) in [6.45, 7) is 1.59. The number of hydrogen-bond donors (Lipinski definition) is 0. The van der Waals surface area contributed by atoms with Gasteiger partial charge in [-0.2, -0.15) is 0 Å². The Morgan fingerprint density at radius 3 is 2.59 bits per heavy atom. The van der Waals surface area contributed by atoms with Crippen LogP contribution in [0.5, 0.6) is 0 Å². The van der Waals surface area contributed by atoms with E-state index >= 15 is 0 Å². The van der Waals surface area contributed by atoms with Gasteiger partial charge in [-0.15, -0.1) is 0 Å². The van der Waals surface area contributed by atoms with Crippen LogP contribution in [0.15, 0.2) is 18.2 Å². The van der Waals surface area contributed by atoms with Gasteiger partial charge in [-0.25, -0.2) is 0 Å². The van der Waals surface area contributed by atoms with E-state index in [1.165, 1.54) is 12.1 Å². The molecule has 0 N–H and O–H groups in total. The van der Waals surface area contributed by atoms with Gasteiger partial charge in [0.15, 0.2) is 0 Å². The Balaban J connectivity index is 2.35. The SMILES string of the molecule is Cc1cc(C2CC(=O)OC2=O)ccc1[N+](=O)[O-]. The van der Waals surface area contributed by atoms with Crippen molar-refractivity contribution in [1.82, 2.24) is 0 Å². The van der Waals surface area contributed by atoms with Gasteiger partial charge in [0.05, 0.1) is 17.3 Å². The van der Waals surface area contributed by atoms with Gasteiger partial charge in [-0.05, 0) is 18.6 Å². The van der Waals surface area contributed by atoms with E-state index < -0.39 is 22.8 Å². The molecule has 0 bridgehead atoms. The minimum Gasteiger partial charge on any atom is -0.393 e. The average molecular weight is 235 g/mol. The van der Waals surface area contributed by atoms with Crippen LogP contribution >= 0.6 is 0 Å². The Morgan fingerprint density at radius 2 is 2.12 bits per heavy atom. The molecule has 1 aliphatic rings. The van der Waals surface area contributed by atoms with Crippen molar-refractivity contribution in [3.05, 3.63) is 39.4 Å². The molecule has 6 heteroatoms. The molecule has 17 heavy (non-hydrogen) atoms. The summed E-state index contributed by atoms with van der Waals surface area (Å²) in [4.78, 5) is 32.4. The zero-order valence-corrected chi connectivity index (χ0v) is 9.00. The van der Waals surface area contributed by atoms with Crippen LogP contribution in [0, 0.1) is 17.0 Å². The molecule has 1 heterocycles. The number of nitrogens with zero attached hydrogens (tertiary/aromatic N) is 1. The van der Waals surface area contributed by atoms with E-state index in [4.69, 9.17) is 0 Å². The lowest BCUT2D eigenvalue weighted by Gasteiger charge is -2.06. The number of ether oxygens (including phenoxy) is 1. The smallest absolute Gasteiger partial charge is 0.321 e. The highest BCUT2D eigenvalue weighted by atomic mass is 16.6. The summed E-state index contributed by atoms with van der Waals surface area (Å²) in [5.74, 6) is -1.79. The van der Waals surface area contributed by atoms with Crippen molar-refractivity contribution < 1.29 is 19.2 Å². The Kier molecular flexibility index (Phi) is 2.63. The molecule has 6 nitrogen and oxygen atoms in total. The Labute approximate surface area is 96.3 Å². The summed E-state index contributed by atoms with van der Waals surface area (Å²) in [5, 5.41) is 10.6. The maximum absolute atomic E-state index is 11.3. The quantitative estimate of drug-likeness (QED) is 0.335. The molecule has 1 unspecified atom stereocenters. The third-order valence-electron chi connectivity index (χ3n) is 2.69. The largest absolute Gasteiger partial charge is 0.393 e. The molecule has 1 aliphatic heterocycles. The summed E-state index contributed by atoms with van der Waals surface area (Å²) >= 11 is 0. The maximum atomic E-state index is 11.3. The van der Waals surface area contributed by atoms with Crippen molar-refractivity contribution in [3.8, 4) is 0 Å². The number of nitro benzene ring substituents is 1. The van der Waals surface area contributed by atoms with Gasteiger partial charge >= 0.3 is 11.9 Å².